The fourth-order valence-electron chi connectivity index (χ4n) is 2.27. The summed E-state index contributed by atoms with van der Waals surface area (Å²) in [6.45, 7) is 1.98. The Morgan fingerprint density at radius 1 is 1.21 bits per heavy atom. The first-order valence-electron chi connectivity index (χ1n) is 7.55. The minimum absolute atomic E-state index is 0.0943. The van der Waals surface area contributed by atoms with Crippen LogP contribution in [0.5, 0.6) is 0 Å². The van der Waals surface area contributed by atoms with Gasteiger partial charge in [-0.25, -0.2) is 0 Å². The molecule has 1 amide bonds. The lowest BCUT2D eigenvalue weighted by atomic mass is 10.2. The Labute approximate surface area is 144 Å². The van der Waals surface area contributed by atoms with E-state index in [1.165, 1.54) is 0 Å². The third kappa shape index (κ3) is 4.20. The molecule has 0 aliphatic carbocycles. The molecule has 0 aliphatic rings. The number of aryl methyl sites for hydroxylation is 2. The van der Waals surface area contributed by atoms with Crippen LogP contribution in [0, 0.1) is 6.92 Å². The quantitative estimate of drug-likeness (QED) is 0.752. The van der Waals surface area contributed by atoms with E-state index in [1.807, 2.05) is 43.3 Å². The van der Waals surface area contributed by atoms with Crippen molar-refractivity contribution in [3.8, 4) is 11.4 Å². The molecule has 24 heavy (non-hydrogen) atoms. The zero-order valence-corrected chi connectivity index (χ0v) is 13.9. The van der Waals surface area contributed by atoms with E-state index in [-0.39, 0.29) is 12.3 Å². The first kappa shape index (κ1) is 16.2. The van der Waals surface area contributed by atoms with Crippen molar-refractivity contribution in [2.45, 2.75) is 19.8 Å². The van der Waals surface area contributed by atoms with Crippen LogP contribution in [0.25, 0.3) is 11.4 Å². The summed E-state index contributed by atoms with van der Waals surface area (Å²) in [6, 6.07) is 14.9. The Morgan fingerprint density at radius 3 is 2.83 bits per heavy atom. The van der Waals surface area contributed by atoms with Crippen molar-refractivity contribution in [3.63, 3.8) is 0 Å². The third-order valence-electron chi connectivity index (χ3n) is 3.42. The van der Waals surface area contributed by atoms with E-state index in [1.54, 1.807) is 12.1 Å². The summed E-state index contributed by atoms with van der Waals surface area (Å²) in [5.41, 5.74) is 2.66. The van der Waals surface area contributed by atoms with Gasteiger partial charge in [0, 0.05) is 29.1 Å². The van der Waals surface area contributed by atoms with Gasteiger partial charge >= 0.3 is 0 Å². The molecule has 0 unspecified atom stereocenters. The molecule has 0 spiro atoms. The lowest BCUT2D eigenvalue weighted by Crippen LogP contribution is -2.12. The monoisotopic (exact) mass is 341 g/mol. The van der Waals surface area contributed by atoms with Gasteiger partial charge in [-0.3, -0.25) is 4.79 Å². The van der Waals surface area contributed by atoms with Gasteiger partial charge in [-0.15, -0.1) is 0 Å². The summed E-state index contributed by atoms with van der Waals surface area (Å²) in [5, 5.41) is 7.39. The Morgan fingerprint density at radius 2 is 2.04 bits per heavy atom. The largest absolute Gasteiger partial charge is 0.339 e. The SMILES string of the molecule is Cc1cccc(NC(=O)CCc2nc(-c3cccc(Cl)c3)no2)c1. The van der Waals surface area contributed by atoms with E-state index in [4.69, 9.17) is 16.1 Å². The maximum atomic E-state index is 12.0. The smallest absolute Gasteiger partial charge is 0.227 e. The van der Waals surface area contributed by atoms with E-state index in [0.29, 0.717) is 23.2 Å². The molecule has 1 N–H and O–H groups in total. The summed E-state index contributed by atoms with van der Waals surface area (Å²) in [6.07, 6.45) is 0.649. The van der Waals surface area contributed by atoms with Gasteiger partial charge in [0.1, 0.15) is 0 Å². The number of benzene rings is 2. The third-order valence-corrected chi connectivity index (χ3v) is 3.65. The number of rotatable bonds is 5. The number of carbonyl (C=O) groups is 1. The number of amides is 1. The highest BCUT2D eigenvalue weighted by atomic mass is 35.5. The van der Waals surface area contributed by atoms with Gasteiger partial charge in [0.25, 0.3) is 0 Å². The van der Waals surface area contributed by atoms with Gasteiger partial charge in [-0.05, 0) is 36.8 Å². The molecule has 3 aromatic rings. The van der Waals surface area contributed by atoms with Crippen LogP contribution in [0.1, 0.15) is 17.9 Å². The maximum absolute atomic E-state index is 12.0. The van der Waals surface area contributed by atoms with Gasteiger partial charge in [-0.1, -0.05) is 41.0 Å². The minimum Gasteiger partial charge on any atom is -0.339 e. The fraction of sp³-hybridized carbons (Fsp3) is 0.167. The first-order chi connectivity index (χ1) is 11.6. The van der Waals surface area contributed by atoms with Crippen LogP contribution < -0.4 is 5.32 Å². The van der Waals surface area contributed by atoms with E-state index in [2.05, 4.69) is 15.5 Å². The Kier molecular flexibility index (Phi) is 4.91. The van der Waals surface area contributed by atoms with E-state index in [0.717, 1.165) is 16.8 Å². The number of halogens is 1. The van der Waals surface area contributed by atoms with E-state index >= 15 is 0 Å². The van der Waals surface area contributed by atoms with Crippen LogP contribution in [0.2, 0.25) is 5.02 Å². The maximum Gasteiger partial charge on any atom is 0.227 e. The molecule has 5 nitrogen and oxygen atoms in total. The number of hydrogen-bond donors (Lipinski definition) is 1. The van der Waals surface area contributed by atoms with Crippen molar-refractivity contribution in [1.29, 1.82) is 0 Å². The molecule has 122 valence electrons. The summed E-state index contributed by atoms with van der Waals surface area (Å²) in [4.78, 5) is 16.3. The van der Waals surface area contributed by atoms with Crippen molar-refractivity contribution < 1.29 is 9.32 Å². The molecule has 0 aliphatic heterocycles. The van der Waals surface area contributed by atoms with Gasteiger partial charge in [0.05, 0.1) is 0 Å². The average molecular weight is 342 g/mol. The molecule has 0 saturated carbocycles. The summed E-state index contributed by atoms with van der Waals surface area (Å²) in [7, 11) is 0. The average Bonchev–Trinajstić information content (AvgIpc) is 3.02. The zero-order valence-electron chi connectivity index (χ0n) is 13.1. The van der Waals surface area contributed by atoms with Gasteiger partial charge in [0.2, 0.25) is 17.6 Å². The molecule has 0 bridgehead atoms. The van der Waals surface area contributed by atoms with Crippen LogP contribution in [-0.4, -0.2) is 16.0 Å². The molecule has 6 heteroatoms. The van der Waals surface area contributed by atoms with Crippen LogP contribution in [0.3, 0.4) is 0 Å². The number of carbonyl (C=O) groups excluding carboxylic acids is 1. The minimum atomic E-state index is -0.0943. The highest BCUT2D eigenvalue weighted by Gasteiger charge is 2.11. The molecular weight excluding hydrogens is 326 g/mol. The normalized spacial score (nSPS) is 10.6. The lowest BCUT2D eigenvalue weighted by Gasteiger charge is -2.04. The molecule has 0 atom stereocenters. The molecule has 0 radical (unpaired) electrons. The summed E-state index contributed by atoms with van der Waals surface area (Å²) < 4.78 is 5.19. The molecular formula is C18H16ClN3O2. The predicted molar refractivity (Wildman–Crippen MR) is 92.9 cm³/mol. The second kappa shape index (κ2) is 7.27. The lowest BCUT2D eigenvalue weighted by molar-refractivity contribution is -0.116. The van der Waals surface area contributed by atoms with Crippen LogP contribution in [0.4, 0.5) is 5.69 Å². The second-order valence-electron chi connectivity index (χ2n) is 5.44. The van der Waals surface area contributed by atoms with Crippen molar-refractivity contribution in [3.05, 3.63) is 65.0 Å². The van der Waals surface area contributed by atoms with Crippen LogP contribution >= 0.6 is 11.6 Å². The van der Waals surface area contributed by atoms with Crippen molar-refractivity contribution in [1.82, 2.24) is 10.1 Å². The number of aromatic nitrogens is 2. The molecule has 0 saturated heterocycles. The van der Waals surface area contributed by atoms with Crippen molar-refractivity contribution >= 4 is 23.2 Å². The molecule has 0 fully saturated rings. The van der Waals surface area contributed by atoms with Crippen molar-refractivity contribution in [2.75, 3.05) is 5.32 Å². The van der Waals surface area contributed by atoms with Crippen LogP contribution in [-0.2, 0) is 11.2 Å². The van der Waals surface area contributed by atoms with E-state index in [9.17, 15) is 4.79 Å². The molecule has 2 aromatic carbocycles. The van der Waals surface area contributed by atoms with Crippen molar-refractivity contribution in [2.24, 2.45) is 0 Å². The number of anilines is 1. The highest BCUT2D eigenvalue weighted by Crippen LogP contribution is 2.20. The molecule has 1 heterocycles. The van der Waals surface area contributed by atoms with Crippen LogP contribution in [0.15, 0.2) is 53.1 Å². The fourth-order valence-corrected chi connectivity index (χ4v) is 2.46. The first-order valence-corrected chi connectivity index (χ1v) is 7.93. The number of hydrogen-bond acceptors (Lipinski definition) is 4. The predicted octanol–water partition coefficient (Wildman–Crippen LogP) is 4.27. The zero-order chi connectivity index (χ0) is 16.9. The number of nitrogens with one attached hydrogen (secondary N) is 1. The summed E-state index contributed by atoms with van der Waals surface area (Å²) in [5.74, 6) is 0.791. The molecule has 1 aromatic heterocycles. The van der Waals surface area contributed by atoms with E-state index < -0.39 is 0 Å². The second-order valence-corrected chi connectivity index (χ2v) is 5.88. The number of nitrogens with zero attached hydrogens (tertiary/aromatic N) is 2. The highest BCUT2D eigenvalue weighted by molar-refractivity contribution is 6.30. The Hall–Kier alpha value is -2.66. The Balaban J connectivity index is 1.58. The van der Waals surface area contributed by atoms with Gasteiger partial charge in [-0.2, -0.15) is 4.98 Å². The standard InChI is InChI=1S/C18H16ClN3O2/c1-12-4-2-7-15(10-12)20-16(23)8-9-17-21-18(22-24-17)13-5-3-6-14(19)11-13/h2-7,10-11H,8-9H2,1H3,(H,20,23). The Bertz CT molecular complexity index is 861. The summed E-state index contributed by atoms with van der Waals surface area (Å²) >= 11 is 5.95. The topological polar surface area (TPSA) is 68.0 Å². The van der Waals surface area contributed by atoms with Gasteiger partial charge in [0.15, 0.2) is 0 Å². The van der Waals surface area contributed by atoms with Gasteiger partial charge < -0.3 is 9.84 Å². The molecule has 3 rings (SSSR count).